The Bertz CT molecular complexity index is 273. The number of quaternary nitrogens is 1. The molecule has 4 heteroatoms. The molecule has 1 amide bonds. The molecule has 0 aromatic carbocycles. The molecule has 0 aliphatic carbocycles. The van der Waals surface area contributed by atoms with E-state index in [0.717, 1.165) is 19.5 Å². The molecular weight excluding hydrogens is 204 g/mol. The van der Waals surface area contributed by atoms with Gasteiger partial charge in [0.15, 0.2) is 0 Å². The third-order valence-corrected chi connectivity index (χ3v) is 3.42. The average molecular weight is 227 g/mol. The molecule has 0 unspecified atom stereocenters. The Morgan fingerprint density at radius 2 is 2.12 bits per heavy atom. The highest BCUT2D eigenvalue weighted by Gasteiger charge is 2.41. The molecular formula is C12H23N2O2+. The number of nitrogens with two attached hydrogens (primary N) is 1. The average Bonchev–Trinajstić information content (AvgIpc) is 2.61. The Hall–Kier alpha value is -0.770. The van der Waals surface area contributed by atoms with Gasteiger partial charge in [-0.05, 0) is 33.6 Å². The van der Waals surface area contributed by atoms with Gasteiger partial charge in [-0.15, -0.1) is 0 Å². The minimum Gasteiger partial charge on any atom is -0.444 e. The van der Waals surface area contributed by atoms with Crippen molar-refractivity contribution in [3.8, 4) is 0 Å². The van der Waals surface area contributed by atoms with E-state index in [-0.39, 0.29) is 11.7 Å². The second-order valence-corrected chi connectivity index (χ2v) is 5.90. The molecule has 2 heterocycles. The molecule has 16 heavy (non-hydrogen) atoms. The van der Waals surface area contributed by atoms with Crippen LogP contribution in [0.1, 0.15) is 33.6 Å². The van der Waals surface area contributed by atoms with Crippen LogP contribution in [0, 0.1) is 5.92 Å². The van der Waals surface area contributed by atoms with Crippen molar-refractivity contribution in [2.45, 2.75) is 45.3 Å². The molecule has 0 spiro atoms. The van der Waals surface area contributed by atoms with E-state index >= 15 is 0 Å². The lowest BCUT2D eigenvalue weighted by atomic mass is 9.92. The van der Waals surface area contributed by atoms with Crippen molar-refractivity contribution >= 4 is 6.09 Å². The second kappa shape index (κ2) is 4.24. The van der Waals surface area contributed by atoms with Gasteiger partial charge >= 0.3 is 6.09 Å². The number of ether oxygens (including phenoxy) is 1. The Labute approximate surface area is 97.3 Å². The molecule has 2 saturated heterocycles. The number of carbonyl (C=O) groups excluding carboxylic acids is 1. The summed E-state index contributed by atoms with van der Waals surface area (Å²) in [7, 11) is 0. The molecule has 2 N–H and O–H groups in total. The number of carbonyl (C=O) groups is 1. The Kier molecular flexibility index (Phi) is 3.10. The predicted molar refractivity (Wildman–Crippen MR) is 61.1 cm³/mol. The van der Waals surface area contributed by atoms with Crippen molar-refractivity contribution < 1.29 is 14.8 Å². The summed E-state index contributed by atoms with van der Waals surface area (Å²) in [6.07, 6.45) is 2.26. The van der Waals surface area contributed by atoms with E-state index in [4.69, 9.17) is 4.74 Å². The van der Waals surface area contributed by atoms with Crippen LogP contribution in [0.25, 0.3) is 0 Å². The van der Waals surface area contributed by atoms with Gasteiger partial charge in [-0.25, -0.2) is 4.79 Å². The minimum atomic E-state index is -0.383. The van der Waals surface area contributed by atoms with Crippen LogP contribution in [0.15, 0.2) is 0 Å². The summed E-state index contributed by atoms with van der Waals surface area (Å²) in [6, 6.07) is 0.406. The van der Waals surface area contributed by atoms with Crippen molar-refractivity contribution in [2.24, 2.45) is 5.92 Å². The normalized spacial score (nSPS) is 30.1. The van der Waals surface area contributed by atoms with Gasteiger partial charge in [0.25, 0.3) is 0 Å². The summed E-state index contributed by atoms with van der Waals surface area (Å²) in [5.41, 5.74) is -0.383. The number of piperidine rings is 1. The zero-order valence-electron chi connectivity index (χ0n) is 10.5. The number of hydrogen-bond donors (Lipinski definition) is 1. The van der Waals surface area contributed by atoms with Crippen LogP contribution >= 0.6 is 0 Å². The van der Waals surface area contributed by atoms with Gasteiger partial charge in [-0.3, -0.25) is 4.90 Å². The molecule has 0 bridgehead atoms. The van der Waals surface area contributed by atoms with Crippen LogP contribution in [0.2, 0.25) is 0 Å². The van der Waals surface area contributed by atoms with E-state index in [1.807, 2.05) is 25.7 Å². The largest absolute Gasteiger partial charge is 0.444 e. The van der Waals surface area contributed by atoms with Crippen molar-refractivity contribution in [3.05, 3.63) is 0 Å². The molecule has 4 nitrogen and oxygen atoms in total. The van der Waals surface area contributed by atoms with Crippen LogP contribution < -0.4 is 5.32 Å². The molecule has 92 valence electrons. The fraction of sp³-hybridized carbons (Fsp3) is 0.917. The number of rotatable bonds is 0. The molecule has 2 rings (SSSR count). The highest BCUT2D eigenvalue weighted by Crippen LogP contribution is 2.25. The third kappa shape index (κ3) is 2.48. The number of amides is 1. The molecule has 2 aliphatic rings. The number of nitrogens with zero attached hydrogens (tertiary/aromatic N) is 1. The maximum Gasteiger partial charge on any atom is 0.410 e. The first-order valence-corrected chi connectivity index (χ1v) is 6.28. The van der Waals surface area contributed by atoms with Gasteiger partial charge in [0.1, 0.15) is 5.60 Å². The van der Waals surface area contributed by atoms with Crippen LogP contribution in [0.3, 0.4) is 0 Å². The summed E-state index contributed by atoms with van der Waals surface area (Å²) < 4.78 is 5.46. The van der Waals surface area contributed by atoms with Gasteiger partial charge in [-0.1, -0.05) is 0 Å². The lowest BCUT2D eigenvalue weighted by molar-refractivity contribution is -0.639. The van der Waals surface area contributed by atoms with Gasteiger partial charge in [0.2, 0.25) is 0 Å². The smallest absolute Gasteiger partial charge is 0.410 e. The first-order chi connectivity index (χ1) is 7.47. The van der Waals surface area contributed by atoms with Crippen LogP contribution in [-0.4, -0.2) is 42.3 Å². The highest BCUT2D eigenvalue weighted by atomic mass is 16.6. The molecule has 2 atom stereocenters. The number of hydrogen-bond acceptors (Lipinski definition) is 2. The highest BCUT2D eigenvalue weighted by molar-refractivity contribution is 5.68. The quantitative estimate of drug-likeness (QED) is 0.658. The lowest BCUT2D eigenvalue weighted by Crippen LogP contribution is -2.82. The summed E-state index contributed by atoms with van der Waals surface area (Å²) >= 11 is 0. The van der Waals surface area contributed by atoms with Gasteiger partial charge in [0, 0.05) is 12.5 Å². The monoisotopic (exact) mass is 227 g/mol. The lowest BCUT2D eigenvalue weighted by Gasteiger charge is -2.36. The standard InChI is InChI=1S/C12H22N2O2/c1-12(2,3)16-11(15)14-6-4-5-9-7-13-8-10(9)14/h9-10,13H,4-8H2,1-3H3/p+1/t9-,10-/m1/s1. The van der Waals surface area contributed by atoms with Gasteiger partial charge < -0.3 is 10.1 Å². The first kappa shape index (κ1) is 11.7. The maximum absolute atomic E-state index is 12.0. The Morgan fingerprint density at radius 3 is 2.81 bits per heavy atom. The van der Waals surface area contributed by atoms with Crippen molar-refractivity contribution in [2.75, 3.05) is 19.6 Å². The molecule has 2 fully saturated rings. The van der Waals surface area contributed by atoms with Crippen molar-refractivity contribution in [1.29, 1.82) is 0 Å². The summed E-state index contributed by atoms with van der Waals surface area (Å²) in [5, 5.41) is 2.32. The predicted octanol–water partition coefficient (Wildman–Crippen LogP) is 0.579. The maximum atomic E-state index is 12.0. The third-order valence-electron chi connectivity index (χ3n) is 3.42. The van der Waals surface area contributed by atoms with E-state index in [0.29, 0.717) is 12.0 Å². The molecule has 0 aromatic heterocycles. The zero-order valence-corrected chi connectivity index (χ0v) is 10.5. The van der Waals surface area contributed by atoms with E-state index in [2.05, 4.69) is 5.32 Å². The van der Waals surface area contributed by atoms with E-state index in [9.17, 15) is 4.79 Å². The molecule has 0 radical (unpaired) electrons. The number of likely N-dealkylation sites (tertiary alicyclic amines) is 1. The molecule has 0 saturated carbocycles. The first-order valence-electron chi connectivity index (χ1n) is 6.28. The Morgan fingerprint density at radius 1 is 1.38 bits per heavy atom. The fourth-order valence-corrected chi connectivity index (χ4v) is 2.76. The molecule has 2 aliphatic heterocycles. The van der Waals surface area contributed by atoms with Crippen LogP contribution in [0.5, 0.6) is 0 Å². The zero-order chi connectivity index (χ0) is 11.8. The van der Waals surface area contributed by atoms with Crippen molar-refractivity contribution in [1.82, 2.24) is 4.90 Å². The van der Waals surface area contributed by atoms with Crippen LogP contribution in [0.4, 0.5) is 4.79 Å². The summed E-state index contributed by atoms with van der Waals surface area (Å²) in [6.45, 7) is 8.85. The topological polar surface area (TPSA) is 46.1 Å². The fourth-order valence-electron chi connectivity index (χ4n) is 2.76. The summed E-state index contributed by atoms with van der Waals surface area (Å²) in [5.74, 6) is 0.682. The van der Waals surface area contributed by atoms with E-state index in [1.54, 1.807) is 0 Å². The van der Waals surface area contributed by atoms with Crippen LogP contribution in [-0.2, 0) is 4.74 Å². The van der Waals surface area contributed by atoms with Gasteiger partial charge in [-0.2, -0.15) is 0 Å². The number of fused-ring (bicyclic) bond motifs is 1. The molecule has 0 aromatic rings. The van der Waals surface area contributed by atoms with Crippen molar-refractivity contribution in [3.63, 3.8) is 0 Å². The van der Waals surface area contributed by atoms with E-state index in [1.165, 1.54) is 13.0 Å². The van der Waals surface area contributed by atoms with Gasteiger partial charge in [0.05, 0.1) is 19.1 Å². The SMILES string of the molecule is CC(C)(C)OC(=O)N1CCC[C@@H]2C[NH2+]C[C@H]21. The van der Waals surface area contributed by atoms with E-state index < -0.39 is 0 Å². The second-order valence-electron chi connectivity index (χ2n) is 5.90. The minimum absolute atomic E-state index is 0.127. The summed E-state index contributed by atoms with van der Waals surface area (Å²) in [4.78, 5) is 14.0. The Balaban J connectivity index is 2.00.